The van der Waals surface area contributed by atoms with E-state index in [1.165, 1.54) is 0 Å². The second kappa shape index (κ2) is 6.75. The van der Waals surface area contributed by atoms with Crippen molar-refractivity contribution in [2.45, 2.75) is 58.0 Å². The van der Waals surface area contributed by atoms with Gasteiger partial charge >= 0.3 is 0 Å². The Morgan fingerprint density at radius 2 is 1.67 bits per heavy atom. The zero-order valence-electron chi connectivity index (χ0n) is 14.2. The van der Waals surface area contributed by atoms with Crippen molar-refractivity contribution in [1.29, 1.82) is 0 Å². The molecular weight excluding hydrogens is 304 g/mol. The van der Waals surface area contributed by atoms with Gasteiger partial charge in [0.2, 0.25) is 5.91 Å². The number of nitrogens with zero attached hydrogens (tertiary/aromatic N) is 1. The maximum Gasteiger partial charge on any atom is 0.262 e. The zero-order chi connectivity index (χ0) is 17.3. The van der Waals surface area contributed by atoms with Crippen molar-refractivity contribution in [3.05, 3.63) is 35.4 Å². The summed E-state index contributed by atoms with van der Waals surface area (Å²) in [5.74, 6) is -0.718. The van der Waals surface area contributed by atoms with Crippen LogP contribution in [0.25, 0.3) is 0 Å². The Labute approximate surface area is 142 Å². The van der Waals surface area contributed by atoms with Crippen molar-refractivity contribution in [3.8, 4) is 0 Å². The molecule has 3 amide bonds. The van der Waals surface area contributed by atoms with E-state index in [9.17, 15) is 14.4 Å². The predicted molar refractivity (Wildman–Crippen MR) is 90.6 cm³/mol. The topological polar surface area (TPSA) is 66.5 Å². The molecule has 2 aliphatic rings. The molecular formula is C19H24N2O3. The van der Waals surface area contributed by atoms with Crippen LogP contribution < -0.4 is 5.32 Å². The summed E-state index contributed by atoms with van der Waals surface area (Å²) in [6.07, 6.45) is 4.66. The monoisotopic (exact) mass is 328 g/mol. The van der Waals surface area contributed by atoms with E-state index in [0.717, 1.165) is 30.6 Å². The summed E-state index contributed by atoms with van der Waals surface area (Å²) in [5.41, 5.74) is 0.787. The van der Waals surface area contributed by atoms with Crippen molar-refractivity contribution >= 4 is 17.7 Å². The minimum Gasteiger partial charge on any atom is -0.352 e. The molecule has 1 fully saturated rings. The van der Waals surface area contributed by atoms with Gasteiger partial charge in [0.25, 0.3) is 11.8 Å². The number of amides is 3. The Morgan fingerprint density at radius 3 is 2.17 bits per heavy atom. The molecule has 0 saturated heterocycles. The van der Waals surface area contributed by atoms with Crippen LogP contribution in [0.1, 0.15) is 66.7 Å². The van der Waals surface area contributed by atoms with Crippen molar-refractivity contribution in [2.24, 2.45) is 5.92 Å². The molecule has 1 atom stereocenters. The maximum atomic E-state index is 12.8. The highest BCUT2D eigenvalue weighted by atomic mass is 16.2. The fraction of sp³-hybridized carbons (Fsp3) is 0.526. The molecule has 1 aliphatic heterocycles. The second-order valence-corrected chi connectivity index (χ2v) is 7.16. The van der Waals surface area contributed by atoms with E-state index < -0.39 is 6.04 Å². The third-order valence-corrected chi connectivity index (χ3v) is 4.84. The van der Waals surface area contributed by atoms with Crippen LogP contribution in [0.2, 0.25) is 0 Å². The fourth-order valence-electron chi connectivity index (χ4n) is 3.63. The lowest BCUT2D eigenvalue weighted by molar-refractivity contribution is -0.126. The summed E-state index contributed by atoms with van der Waals surface area (Å²) in [4.78, 5) is 39.4. The zero-order valence-corrected chi connectivity index (χ0v) is 14.2. The molecule has 5 heteroatoms. The van der Waals surface area contributed by atoms with Crippen molar-refractivity contribution < 1.29 is 14.4 Å². The smallest absolute Gasteiger partial charge is 0.262 e. The highest BCUT2D eigenvalue weighted by Gasteiger charge is 2.43. The maximum absolute atomic E-state index is 12.8. The van der Waals surface area contributed by atoms with Crippen molar-refractivity contribution in [1.82, 2.24) is 10.2 Å². The summed E-state index contributed by atoms with van der Waals surface area (Å²) < 4.78 is 0. The van der Waals surface area contributed by atoms with E-state index >= 15 is 0 Å². The summed E-state index contributed by atoms with van der Waals surface area (Å²) in [5, 5.41) is 3.04. The average Bonchev–Trinajstić information content (AvgIpc) is 3.14. The molecule has 1 saturated carbocycles. The van der Waals surface area contributed by atoms with Crippen LogP contribution >= 0.6 is 0 Å². The first-order valence-corrected chi connectivity index (χ1v) is 8.76. The minimum atomic E-state index is -0.738. The lowest BCUT2D eigenvalue weighted by atomic mass is 10.0. The molecule has 1 aromatic rings. The van der Waals surface area contributed by atoms with Gasteiger partial charge in [0.15, 0.2) is 0 Å². The van der Waals surface area contributed by atoms with Crippen molar-refractivity contribution in [2.75, 3.05) is 0 Å². The molecule has 1 unspecified atom stereocenters. The summed E-state index contributed by atoms with van der Waals surface area (Å²) in [6, 6.07) is 6.21. The van der Waals surface area contributed by atoms with E-state index in [1.807, 2.05) is 13.8 Å². The molecule has 1 heterocycles. The Hall–Kier alpha value is -2.17. The second-order valence-electron chi connectivity index (χ2n) is 7.16. The first kappa shape index (κ1) is 16.7. The molecule has 0 aromatic heterocycles. The standard InChI is InChI=1S/C19H24N2O3/c1-12(2)11-16(17(22)20-13-7-3-4-8-13)21-18(23)14-9-5-6-10-15(14)19(21)24/h5-6,9-10,12-13,16H,3-4,7-8,11H2,1-2H3,(H,20,22). The number of benzene rings is 1. The quantitative estimate of drug-likeness (QED) is 0.845. The van der Waals surface area contributed by atoms with E-state index in [-0.39, 0.29) is 29.7 Å². The average molecular weight is 328 g/mol. The van der Waals surface area contributed by atoms with Gasteiger partial charge in [-0.25, -0.2) is 0 Å². The lowest BCUT2D eigenvalue weighted by Gasteiger charge is -2.28. The molecule has 1 N–H and O–H groups in total. The van der Waals surface area contributed by atoms with Crippen LogP contribution in [0.3, 0.4) is 0 Å². The van der Waals surface area contributed by atoms with Crippen LogP contribution in [0.15, 0.2) is 24.3 Å². The number of nitrogens with one attached hydrogen (secondary N) is 1. The summed E-state index contributed by atoms with van der Waals surface area (Å²) in [6.45, 7) is 3.99. The van der Waals surface area contributed by atoms with E-state index in [4.69, 9.17) is 0 Å². The number of imide groups is 1. The minimum absolute atomic E-state index is 0.169. The van der Waals surface area contributed by atoms with Crippen LogP contribution in [-0.4, -0.2) is 34.7 Å². The third kappa shape index (κ3) is 3.07. The molecule has 0 bridgehead atoms. The number of hydrogen-bond donors (Lipinski definition) is 1. The number of rotatable bonds is 5. The molecule has 3 rings (SSSR count). The highest BCUT2D eigenvalue weighted by Crippen LogP contribution is 2.27. The number of carbonyl (C=O) groups excluding carboxylic acids is 3. The Kier molecular flexibility index (Phi) is 4.69. The van der Waals surface area contributed by atoms with Crippen molar-refractivity contribution in [3.63, 3.8) is 0 Å². The van der Waals surface area contributed by atoms with Crippen LogP contribution in [0.5, 0.6) is 0 Å². The molecule has 5 nitrogen and oxygen atoms in total. The molecule has 1 aromatic carbocycles. The predicted octanol–water partition coefficient (Wildman–Crippen LogP) is 2.76. The Morgan fingerprint density at radius 1 is 1.12 bits per heavy atom. The molecule has 1 aliphatic carbocycles. The number of fused-ring (bicyclic) bond motifs is 1. The normalized spacial score (nSPS) is 19.0. The molecule has 0 radical (unpaired) electrons. The third-order valence-electron chi connectivity index (χ3n) is 4.84. The Bertz CT molecular complexity index is 627. The van der Waals surface area contributed by atoms with Gasteiger partial charge in [-0.15, -0.1) is 0 Å². The van der Waals surface area contributed by atoms with Gasteiger partial charge in [-0.1, -0.05) is 38.8 Å². The van der Waals surface area contributed by atoms with E-state index in [0.29, 0.717) is 17.5 Å². The van der Waals surface area contributed by atoms with E-state index in [2.05, 4.69) is 5.32 Å². The van der Waals surface area contributed by atoms with Gasteiger partial charge in [-0.2, -0.15) is 0 Å². The fourth-order valence-corrected chi connectivity index (χ4v) is 3.63. The van der Waals surface area contributed by atoms with Gasteiger partial charge in [0, 0.05) is 6.04 Å². The van der Waals surface area contributed by atoms with Gasteiger partial charge in [0.1, 0.15) is 6.04 Å². The van der Waals surface area contributed by atoms with Gasteiger partial charge in [-0.05, 0) is 37.3 Å². The molecule has 128 valence electrons. The summed E-state index contributed by atoms with van der Waals surface area (Å²) >= 11 is 0. The van der Waals surface area contributed by atoms with Crippen LogP contribution in [-0.2, 0) is 4.79 Å². The van der Waals surface area contributed by atoms with Crippen LogP contribution in [0.4, 0.5) is 0 Å². The van der Waals surface area contributed by atoms with E-state index in [1.54, 1.807) is 24.3 Å². The Balaban J connectivity index is 1.85. The van der Waals surface area contributed by atoms with Crippen LogP contribution in [0, 0.1) is 5.92 Å². The highest BCUT2D eigenvalue weighted by molar-refractivity contribution is 6.22. The first-order valence-electron chi connectivity index (χ1n) is 8.76. The summed E-state index contributed by atoms with van der Waals surface area (Å²) in [7, 11) is 0. The first-order chi connectivity index (χ1) is 11.5. The van der Waals surface area contributed by atoms with Gasteiger partial charge in [-0.3, -0.25) is 19.3 Å². The largest absolute Gasteiger partial charge is 0.352 e. The van der Waals surface area contributed by atoms with Gasteiger partial charge < -0.3 is 5.32 Å². The molecule has 0 spiro atoms. The molecule has 24 heavy (non-hydrogen) atoms. The SMILES string of the molecule is CC(C)CC(C(=O)NC1CCCC1)N1C(=O)c2ccccc2C1=O. The number of carbonyl (C=O) groups is 3. The van der Waals surface area contributed by atoms with Gasteiger partial charge in [0.05, 0.1) is 11.1 Å². The lowest BCUT2D eigenvalue weighted by Crippen LogP contribution is -2.52. The number of hydrogen-bond acceptors (Lipinski definition) is 3.